The van der Waals surface area contributed by atoms with E-state index in [0.29, 0.717) is 22.8 Å². The summed E-state index contributed by atoms with van der Waals surface area (Å²) in [5.41, 5.74) is 2.02. The van der Waals surface area contributed by atoms with Gasteiger partial charge < -0.3 is 23.9 Å². The minimum absolute atomic E-state index is 0.00998. The molecule has 28 heavy (non-hydrogen) atoms. The van der Waals surface area contributed by atoms with Crippen molar-refractivity contribution in [3.8, 4) is 11.5 Å². The highest BCUT2D eigenvalue weighted by molar-refractivity contribution is 5.82. The zero-order valence-electron chi connectivity index (χ0n) is 15.7. The highest BCUT2D eigenvalue weighted by atomic mass is 16.5. The summed E-state index contributed by atoms with van der Waals surface area (Å²) >= 11 is 0. The minimum Gasteiger partial charge on any atom is -0.497 e. The maximum Gasteiger partial charge on any atom is 0.323 e. The van der Waals surface area contributed by atoms with Crippen LogP contribution in [0.2, 0.25) is 0 Å². The van der Waals surface area contributed by atoms with Crippen LogP contribution in [0.1, 0.15) is 11.3 Å². The van der Waals surface area contributed by atoms with Crippen LogP contribution in [0.4, 0.5) is 0 Å². The van der Waals surface area contributed by atoms with Crippen molar-refractivity contribution in [2.24, 2.45) is 0 Å². The Hall–Kier alpha value is -3.55. The molecular weight excluding hydrogens is 362 g/mol. The molecule has 3 rings (SSSR count). The number of hydrogen-bond donors (Lipinski definition) is 1. The van der Waals surface area contributed by atoms with Crippen molar-refractivity contribution in [2.75, 3.05) is 20.8 Å². The lowest BCUT2D eigenvalue weighted by molar-refractivity contribution is -0.144. The van der Waals surface area contributed by atoms with E-state index in [1.165, 1.54) is 19.1 Å². The number of imidazole rings is 1. The van der Waals surface area contributed by atoms with Gasteiger partial charge in [0.15, 0.2) is 0 Å². The lowest BCUT2D eigenvalue weighted by atomic mass is 10.1. The number of fused-ring (bicyclic) bond motifs is 1. The molecule has 0 saturated heterocycles. The number of benzene rings is 1. The summed E-state index contributed by atoms with van der Waals surface area (Å²) in [7, 11) is 3.06. The number of carboxylic acids is 1. The molecular formula is C20H21N3O5. The van der Waals surface area contributed by atoms with Gasteiger partial charge in [-0.25, -0.2) is 4.98 Å². The zero-order chi connectivity index (χ0) is 20.1. The number of carboxylic acid groups (broad SMARTS) is 1. The van der Waals surface area contributed by atoms with Crippen molar-refractivity contribution in [1.29, 1.82) is 0 Å². The van der Waals surface area contributed by atoms with Crippen molar-refractivity contribution in [3.63, 3.8) is 0 Å². The Balaban J connectivity index is 1.81. The fourth-order valence-corrected chi connectivity index (χ4v) is 2.91. The number of rotatable bonds is 8. The van der Waals surface area contributed by atoms with E-state index in [1.54, 1.807) is 24.4 Å². The fraction of sp³-hybridized carbons (Fsp3) is 0.250. The molecule has 3 aromatic rings. The lowest BCUT2D eigenvalue weighted by Crippen LogP contribution is -2.36. The number of nitrogens with zero attached hydrogens (tertiary/aromatic N) is 3. The molecule has 0 aliphatic carbocycles. The number of hydrogen-bond acceptors (Lipinski definition) is 5. The van der Waals surface area contributed by atoms with Crippen LogP contribution >= 0.6 is 0 Å². The number of aromatic nitrogens is 2. The molecule has 0 radical (unpaired) electrons. The molecule has 1 aromatic carbocycles. The van der Waals surface area contributed by atoms with Crippen LogP contribution in [-0.4, -0.2) is 52.0 Å². The maximum absolute atomic E-state index is 12.8. The molecule has 0 bridgehead atoms. The highest BCUT2D eigenvalue weighted by Gasteiger charge is 2.19. The average Bonchev–Trinajstić information content (AvgIpc) is 3.08. The van der Waals surface area contributed by atoms with Gasteiger partial charge in [-0.3, -0.25) is 9.59 Å². The van der Waals surface area contributed by atoms with Crippen LogP contribution < -0.4 is 9.47 Å². The standard InChI is InChI=1S/C20H21N3O5/c1-27-16-7-14(8-17(10-16)28-2)11-23(13-20(25)26)19(24)9-15-12-22-6-4-3-5-18(22)21-15/h3-8,10,12H,9,11,13H2,1-2H3,(H,25,26). The van der Waals surface area contributed by atoms with Gasteiger partial charge in [0.25, 0.3) is 0 Å². The predicted molar refractivity (Wildman–Crippen MR) is 101 cm³/mol. The van der Waals surface area contributed by atoms with E-state index in [-0.39, 0.29) is 18.9 Å². The Labute approximate surface area is 161 Å². The summed E-state index contributed by atoms with van der Waals surface area (Å²) in [6.07, 6.45) is 3.62. The quantitative estimate of drug-likeness (QED) is 0.640. The van der Waals surface area contributed by atoms with E-state index in [0.717, 1.165) is 5.65 Å². The van der Waals surface area contributed by atoms with Crippen LogP contribution in [0.5, 0.6) is 11.5 Å². The SMILES string of the molecule is COc1cc(CN(CC(=O)O)C(=O)Cc2cn3ccccc3n2)cc(OC)c1. The van der Waals surface area contributed by atoms with Gasteiger partial charge in [0, 0.05) is 25.0 Å². The molecule has 146 valence electrons. The van der Waals surface area contributed by atoms with Crippen molar-refractivity contribution < 1.29 is 24.2 Å². The number of ether oxygens (including phenoxy) is 2. The van der Waals surface area contributed by atoms with Gasteiger partial charge in [-0.15, -0.1) is 0 Å². The van der Waals surface area contributed by atoms with Gasteiger partial charge in [-0.05, 0) is 29.8 Å². The molecule has 0 aliphatic rings. The molecule has 0 spiro atoms. The van der Waals surface area contributed by atoms with Gasteiger partial charge >= 0.3 is 5.97 Å². The van der Waals surface area contributed by atoms with E-state index in [4.69, 9.17) is 9.47 Å². The molecule has 0 unspecified atom stereocenters. The van der Waals surface area contributed by atoms with E-state index in [1.807, 2.05) is 28.8 Å². The molecule has 0 saturated carbocycles. The molecule has 1 N–H and O–H groups in total. The number of carbonyl (C=O) groups excluding carboxylic acids is 1. The Morgan fingerprint density at radius 1 is 1.14 bits per heavy atom. The number of carbonyl (C=O) groups is 2. The summed E-state index contributed by atoms with van der Waals surface area (Å²) in [4.78, 5) is 29.8. The van der Waals surface area contributed by atoms with Gasteiger partial charge in [-0.1, -0.05) is 6.07 Å². The first-order chi connectivity index (χ1) is 13.5. The number of pyridine rings is 1. The summed E-state index contributed by atoms with van der Waals surface area (Å²) in [6.45, 7) is -0.294. The van der Waals surface area contributed by atoms with Crippen molar-refractivity contribution in [3.05, 3.63) is 60.0 Å². The molecule has 0 atom stereocenters. The van der Waals surface area contributed by atoms with E-state index in [9.17, 15) is 14.7 Å². The smallest absolute Gasteiger partial charge is 0.323 e. The molecule has 2 aromatic heterocycles. The summed E-state index contributed by atoms with van der Waals surface area (Å²) in [5, 5.41) is 9.23. The topological polar surface area (TPSA) is 93.4 Å². The Morgan fingerprint density at radius 2 is 1.86 bits per heavy atom. The second kappa shape index (κ2) is 8.43. The molecule has 0 fully saturated rings. The number of methoxy groups -OCH3 is 2. The molecule has 8 heteroatoms. The van der Waals surface area contributed by atoms with E-state index in [2.05, 4.69) is 4.98 Å². The summed E-state index contributed by atoms with van der Waals surface area (Å²) in [5.74, 6) is -0.277. The third-order valence-electron chi connectivity index (χ3n) is 4.21. The normalized spacial score (nSPS) is 10.6. The highest BCUT2D eigenvalue weighted by Crippen LogP contribution is 2.23. The third-order valence-corrected chi connectivity index (χ3v) is 4.21. The maximum atomic E-state index is 12.8. The first-order valence-corrected chi connectivity index (χ1v) is 8.62. The van der Waals surface area contributed by atoms with E-state index < -0.39 is 12.5 Å². The van der Waals surface area contributed by atoms with Crippen LogP contribution in [0.15, 0.2) is 48.8 Å². The Morgan fingerprint density at radius 3 is 2.46 bits per heavy atom. The fourth-order valence-electron chi connectivity index (χ4n) is 2.91. The predicted octanol–water partition coefficient (Wildman–Crippen LogP) is 2.01. The molecule has 8 nitrogen and oxygen atoms in total. The van der Waals surface area contributed by atoms with Crippen LogP contribution in [0, 0.1) is 0 Å². The second-order valence-corrected chi connectivity index (χ2v) is 6.24. The first kappa shape index (κ1) is 19.2. The summed E-state index contributed by atoms with van der Waals surface area (Å²) in [6, 6.07) is 10.8. The van der Waals surface area contributed by atoms with Gasteiger partial charge in [0.2, 0.25) is 5.91 Å². The second-order valence-electron chi connectivity index (χ2n) is 6.24. The molecule has 1 amide bonds. The Bertz CT molecular complexity index is 943. The number of amides is 1. The van der Waals surface area contributed by atoms with Gasteiger partial charge in [0.1, 0.15) is 23.7 Å². The van der Waals surface area contributed by atoms with Gasteiger partial charge in [0.05, 0.1) is 26.3 Å². The average molecular weight is 383 g/mol. The van der Waals surface area contributed by atoms with Crippen molar-refractivity contribution >= 4 is 17.5 Å². The van der Waals surface area contributed by atoms with E-state index >= 15 is 0 Å². The van der Waals surface area contributed by atoms with Crippen LogP contribution in [0.25, 0.3) is 5.65 Å². The largest absolute Gasteiger partial charge is 0.497 e. The molecule has 2 heterocycles. The van der Waals surface area contributed by atoms with Crippen molar-refractivity contribution in [1.82, 2.24) is 14.3 Å². The monoisotopic (exact) mass is 383 g/mol. The lowest BCUT2D eigenvalue weighted by Gasteiger charge is -2.21. The third kappa shape index (κ3) is 4.59. The minimum atomic E-state index is -1.08. The zero-order valence-corrected chi connectivity index (χ0v) is 15.7. The van der Waals surface area contributed by atoms with Crippen LogP contribution in [0.3, 0.4) is 0 Å². The Kier molecular flexibility index (Phi) is 5.78. The van der Waals surface area contributed by atoms with Gasteiger partial charge in [-0.2, -0.15) is 0 Å². The summed E-state index contributed by atoms with van der Waals surface area (Å²) < 4.78 is 12.3. The molecule has 0 aliphatic heterocycles. The number of aliphatic carboxylic acids is 1. The first-order valence-electron chi connectivity index (χ1n) is 8.62. The van der Waals surface area contributed by atoms with Crippen LogP contribution in [-0.2, 0) is 22.6 Å². The van der Waals surface area contributed by atoms with Crippen molar-refractivity contribution in [2.45, 2.75) is 13.0 Å².